The molecule has 0 aliphatic carbocycles. The summed E-state index contributed by atoms with van der Waals surface area (Å²) in [7, 11) is 1.23. The third kappa shape index (κ3) is 2.99. The molecule has 2 aromatic rings. The van der Waals surface area contributed by atoms with Gasteiger partial charge in [0.2, 0.25) is 0 Å². The molecule has 2 aromatic heterocycles. The summed E-state index contributed by atoms with van der Waals surface area (Å²) in [6.45, 7) is 1.67. The number of pyridine rings is 1. The van der Waals surface area contributed by atoms with Crippen molar-refractivity contribution in [2.24, 2.45) is 0 Å². The van der Waals surface area contributed by atoms with E-state index in [1.807, 2.05) is 0 Å². The molecule has 0 bridgehead atoms. The summed E-state index contributed by atoms with van der Waals surface area (Å²) >= 11 is 1.11. The third-order valence-electron chi connectivity index (χ3n) is 2.75. The Morgan fingerprint density at radius 2 is 2.05 bits per heavy atom. The van der Waals surface area contributed by atoms with Crippen molar-refractivity contribution in [2.75, 3.05) is 7.11 Å². The number of halogens is 3. The lowest BCUT2D eigenvalue weighted by atomic mass is 10.1. The maximum absolute atomic E-state index is 12.5. The lowest BCUT2D eigenvalue weighted by molar-refractivity contribution is -0.137. The molecule has 21 heavy (non-hydrogen) atoms. The fourth-order valence-corrected chi connectivity index (χ4v) is 2.67. The first kappa shape index (κ1) is 15.3. The molecule has 0 fully saturated rings. The lowest BCUT2D eigenvalue weighted by Crippen LogP contribution is -2.05. The van der Waals surface area contributed by atoms with Crippen molar-refractivity contribution in [3.63, 3.8) is 0 Å². The van der Waals surface area contributed by atoms with E-state index in [4.69, 9.17) is 0 Å². The van der Waals surface area contributed by atoms with Gasteiger partial charge in [-0.3, -0.25) is 4.98 Å². The number of thiophene rings is 1. The number of carbonyl (C=O) groups is 1. The van der Waals surface area contributed by atoms with Crippen molar-refractivity contribution in [1.29, 1.82) is 0 Å². The molecule has 1 N–H and O–H groups in total. The Morgan fingerprint density at radius 1 is 1.38 bits per heavy atom. The van der Waals surface area contributed by atoms with Gasteiger partial charge >= 0.3 is 12.1 Å². The maximum Gasteiger partial charge on any atom is 0.418 e. The Labute approximate surface area is 121 Å². The number of methoxy groups -OCH3 is 1. The van der Waals surface area contributed by atoms with Crippen LogP contribution in [0.15, 0.2) is 18.3 Å². The predicted molar refractivity (Wildman–Crippen MR) is 70.3 cm³/mol. The number of ether oxygens (including phenoxy) is 1. The summed E-state index contributed by atoms with van der Waals surface area (Å²) in [4.78, 5) is 16.0. The number of alkyl halides is 3. The number of aromatic nitrogens is 1. The molecule has 0 aliphatic rings. The van der Waals surface area contributed by atoms with Gasteiger partial charge in [-0.15, -0.1) is 11.3 Å². The molecule has 0 amide bonds. The van der Waals surface area contributed by atoms with Crippen LogP contribution in [0.1, 0.15) is 20.1 Å². The third-order valence-corrected chi connectivity index (χ3v) is 3.78. The van der Waals surface area contributed by atoms with Gasteiger partial charge in [0, 0.05) is 16.6 Å². The smallest absolute Gasteiger partial charge is 0.418 e. The highest BCUT2D eigenvalue weighted by molar-refractivity contribution is 7.14. The van der Waals surface area contributed by atoms with Crippen molar-refractivity contribution in [2.45, 2.75) is 13.1 Å². The zero-order chi connectivity index (χ0) is 15.8. The number of carbonyl (C=O) groups excluding carboxylic acids is 1. The molecule has 8 heteroatoms. The number of nitrogens with zero attached hydrogens (tertiary/aromatic N) is 1. The molecule has 0 saturated heterocycles. The molecule has 0 spiro atoms. The van der Waals surface area contributed by atoms with Gasteiger partial charge in [-0.05, 0) is 19.1 Å². The van der Waals surface area contributed by atoms with E-state index in [0.717, 1.165) is 11.3 Å². The number of aromatic hydroxyl groups is 1. The Kier molecular flexibility index (Phi) is 3.91. The van der Waals surface area contributed by atoms with E-state index in [9.17, 15) is 23.1 Å². The van der Waals surface area contributed by atoms with Crippen LogP contribution in [0.2, 0.25) is 0 Å². The first-order valence-corrected chi connectivity index (χ1v) is 6.51. The molecule has 4 nitrogen and oxygen atoms in total. The Hall–Kier alpha value is -2.09. The van der Waals surface area contributed by atoms with E-state index in [1.54, 1.807) is 6.92 Å². The average molecular weight is 317 g/mol. The zero-order valence-corrected chi connectivity index (χ0v) is 11.8. The summed E-state index contributed by atoms with van der Waals surface area (Å²) in [6.07, 6.45) is -3.94. The van der Waals surface area contributed by atoms with Crippen molar-refractivity contribution in [3.05, 3.63) is 33.6 Å². The normalized spacial score (nSPS) is 11.5. The van der Waals surface area contributed by atoms with Gasteiger partial charge in [0.25, 0.3) is 0 Å². The van der Waals surface area contributed by atoms with Gasteiger partial charge in [-0.1, -0.05) is 0 Å². The molecule has 0 atom stereocenters. The maximum atomic E-state index is 12.5. The van der Waals surface area contributed by atoms with Crippen LogP contribution in [0.5, 0.6) is 5.75 Å². The Balaban J connectivity index is 2.48. The van der Waals surface area contributed by atoms with Gasteiger partial charge in [-0.25, -0.2) is 4.79 Å². The highest BCUT2D eigenvalue weighted by atomic mass is 32.1. The summed E-state index contributed by atoms with van der Waals surface area (Å²) in [5.41, 5.74) is -0.650. The average Bonchev–Trinajstić information content (AvgIpc) is 2.78. The fourth-order valence-electron chi connectivity index (χ4n) is 1.73. The van der Waals surface area contributed by atoms with E-state index >= 15 is 0 Å². The zero-order valence-electron chi connectivity index (χ0n) is 11.0. The molecule has 0 unspecified atom stereocenters. The summed E-state index contributed by atoms with van der Waals surface area (Å²) in [5.74, 6) is -1.15. The predicted octanol–water partition coefficient (Wildman–Crippen LogP) is 3.63. The molecule has 0 radical (unpaired) electrons. The van der Waals surface area contributed by atoms with Gasteiger partial charge < -0.3 is 9.84 Å². The minimum absolute atomic E-state index is 0.00750. The standard InChI is InChI=1S/C13H10F3NO3S/c1-6-8(4-10(21-6)12(19)20-2)11-9(18)3-7(5-17-11)13(14,15)16/h3-5,18H,1-2H3. The molecule has 2 heterocycles. The van der Waals surface area contributed by atoms with Crippen LogP contribution in [0, 0.1) is 6.92 Å². The SMILES string of the molecule is COC(=O)c1cc(-c2ncc(C(F)(F)F)cc2O)c(C)s1. The Morgan fingerprint density at radius 3 is 2.57 bits per heavy atom. The molecular weight excluding hydrogens is 307 g/mol. The van der Waals surface area contributed by atoms with Crippen molar-refractivity contribution in [3.8, 4) is 17.0 Å². The van der Waals surface area contributed by atoms with Crippen LogP contribution in [0.4, 0.5) is 13.2 Å². The van der Waals surface area contributed by atoms with Gasteiger partial charge in [0.15, 0.2) is 0 Å². The molecule has 0 aliphatic heterocycles. The number of hydrogen-bond donors (Lipinski definition) is 1. The van der Waals surface area contributed by atoms with E-state index in [-0.39, 0.29) is 10.6 Å². The van der Waals surface area contributed by atoms with Crippen LogP contribution >= 0.6 is 11.3 Å². The highest BCUT2D eigenvalue weighted by Gasteiger charge is 2.32. The monoisotopic (exact) mass is 317 g/mol. The van der Waals surface area contributed by atoms with Crippen LogP contribution < -0.4 is 0 Å². The number of rotatable bonds is 2. The fraction of sp³-hybridized carbons (Fsp3) is 0.231. The van der Waals surface area contributed by atoms with E-state index in [2.05, 4.69) is 9.72 Å². The molecule has 2 rings (SSSR count). The van der Waals surface area contributed by atoms with Crippen molar-refractivity contribution < 1.29 is 27.8 Å². The first-order chi connectivity index (χ1) is 9.74. The van der Waals surface area contributed by atoms with Crippen LogP contribution in [0.25, 0.3) is 11.3 Å². The second kappa shape index (κ2) is 5.36. The molecular formula is C13H10F3NO3S. The first-order valence-electron chi connectivity index (χ1n) is 5.69. The second-order valence-corrected chi connectivity index (χ2v) is 5.42. The van der Waals surface area contributed by atoms with Gasteiger partial charge in [-0.2, -0.15) is 13.2 Å². The number of aryl methyl sites for hydroxylation is 1. The van der Waals surface area contributed by atoms with Gasteiger partial charge in [0.1, 0.15) is 16.3 Å². The van der Waals surface area contributed by atoms with Crippen LogP contribution in [-0.4, -0.2) is 23.2 Å². The van der Waals surface area contributed by atoms with E-state index in [0.29, 0.717) is 22.7 Å². The van der Waals surface area contributed by atoms with Crippen LogP contribution in [-0.2, 0) is 10.9 Å². The molecule has 112 valence electrons. The quantitative estimate of drug-likeness (QED) is 0.859. The minimum atomic E-state index is -4.58. The van der Waals surface area contributed by atoms with E-state index in [1.165, 1.54) is 13.2 Å². The summed E-state index contributed by atoms with van der Waals surface area (Å²) < 4.78 is 42.2. The number of hydrogen-bond acceptors (Lipinski definition) is 5. The topological polar surface area (TPSA) is 59.4 Å². The van der Waals surface area contributed by atoms with Crippen molar-refractivity contribution >= 4 is 17.3 Å². The van der Waals surface area contributed by atoms with Crippen molar-refractivity contribution in [1.82, 2.24) is 4.98 Å². The van der Waals surface area contributed by atoms with Gasteiger partial charge in [0.05, 0.1) is 12.7 Å². The second-order valence-electron chi connectivity index (χ2n) is 4.16. The minimum Gasteiger partial charge on any atom is -0.506 e. The summed E-state index contributed by atoms with van der Waals surface area (Å²) in [6, 6.07) is 2.04. The van der Waals surface area contributed by atoms with Crippen LogP contribution in [0.3, 0.4) is 0 Å². The molecule has 0 saturated carbocycles. The highest BCUT2D eigenvalue weighted by Crippen LogP contribution is 2.38. The lowest BCUT2D eigenvalue weighted by Gasteiger charge is -2.08. The molecule has 0 aromatic carbocycles. The van der Waals surface area contributed by atoms with E-state index < -0.39 is 23.5 Å². The largest absolute Gasteiger partial charge is 0.506 e. The summed E-state index contributed by atoms with van der Waals surface area (Å²) in [5, 5.41) is 9.76. The number of esters is 1. The Bertz CT molecular complexity index is 694.